The highest BCUT2D eigenvalue weighted by Gasteiger charge is 2.15. The summed E-state index contributed by atoms with van der Waals surface area (Å²) in [6.07, 6.45) is 0.0532. The van der Waals surface area contributed by atoms with Gasteiger partial charge in [0, 0.05) is 5.38 Å². The van der Waals surface area contributed by atoms with E-state index in [9.17, 15) is 14.0 Å². The van der Waals surface area contributed by atoms with E-state index in [2.05, 4.69) is 10.3 Å². The molecule has 1 N–H and O–H groups in total. The van der Waals surface area contributed by atoms with Gasteiger partial charge in [-0.25, -0.2) is 9.37 Å². The Hall–Kier alpha value is -3.26. The maximum atomic E-state index is 13.0. The second kappa shape index (κ2) is 9.79. The summed E-state index contributed by atoms with van der Waals surface area (Å²) in [6.45, 7) is 2.24. The highest BCUT2D eigenvalue weighted by Crippen LogP contribution is 2.23. The minimum atomic E-state index is -0.378. The number of aromatic nitrogens is 1. The zero-order chi connectivity index (χ0) is 20.6. The number of anilines is 1. The molecule has 0 unspecified atom stereocenters. The number of halogens is 1. The molecule has 1 amide bonds. The summed E-state index contributed by atoms with van der Waals surface area (Å²) in [6, 6.07) is 12.8. The van der Waals surface area contributed by atoms with Gasteiger partial charge >= 0.3 is 5.97 Å². The van der Waals surface area contributed by atoms with Crippen molar-refractivity contribution < 1.29 is 23.5 Å². The van der Waals surface area contributed by atoms with Crippen LogP contribution < -0.4 is 10.1 Å². The van der Waals surface area contributed by atoms with Crippen LogP contribution in [0.1, 0.15) is 28.5 Å². The fourth-order valence-corrected chi connectivity index (χ4v) is 3.20. The number of carbonyl (C=O) groups excluding carboxylic acids is 2. The van der Waals surface area contributed by atoms with Crippen molar-refractivity contribution >= 4 is 28.3 Å². The molecule has 1 aromatic heterocycles. The van der Waals surface area contributed by atoms with Crippen LogP contribution in [0, 0.1) is 5.82 Å². The Bertz CT molecular complexity index is 988. The molecular formula is C21H19FN2O4S. The van der Waals surface area contributed by atoms with Crippen molar-refractivity contribution in [1.29, 1.82) is 0 Å². The maximum absolute atomic E-state index is 13.0. The van der Waals surface area contributed by atoms with Crippen LogP contribution in [0.2, 0.25) is 0 Å². The average molecular weight is 414 g/mol. The first kappa shape index (κ1) is 20.5. The van der Waals surface area contributed by atoms with Gasteiger partial charge in [-0.2, -0.15) is 0 Å². The zero-order valence-corrected chi connectivity index (χ0v) is 16.5. The van der Waals surface area contributed by atoms with Gasteiger partial charge in [0.05, 0.1) is 24.3 Å². The summed E-state index contributed by atoms with van der Waals surface area (Å²) in [4.78, 5) is 28.4. The molecule has 0 aliphatic rings. The number of para-hydroxylation sites is 1. The minimum absolute atomic E-state index is 0.0532. The lowest BCUT2D eigenvalue weighted by molar-refractivity contribution is -0.142. The van der Waals surface area contributed by atoms with Gasteiger partial charge in [-0.05, 0) is 36.8 Å². The Labute approximate surface area is 171 Å². The number of hydrogen-bond acceptors (Lipinski definition) is 6. The number of carbonyl (C=O) groups is 2. The number of thiazole rings is 1. The molecular weight excluding hydrogens is 395 g/mol. The molecule has 3 rings (SSSR count). The number of nitrogens with one attached hydrogen (secondary N) is 1. The maximum Gasteiger partial charge on any atom is 0.311 e. The molecule has 0 saturated heterocycles. The molecule has 0 spiro atoms. The topological polar surface area (TPSA) is 77.5 Å². The van der Waals surface area contributed by atoms with E-state index >= 15 is 0 Å². The molecule has 0 radical (unpaired) electrons. The molecule has 29 heavy (non-hydrogen) atoms. The van der Waals surface area contributed by atoms with Gasteiger partial charge in [-0.1, -0.05) is 24.3 Å². The standard InChI is InChI=1S/C21H19FN2O4S/c1-2-27-19(25)11-16-13-29-21(23-16)24-20(26)17-5-3-4-6-18(17)28-12-14-7-9-15(22)10-8-14/h3-10,13H,2,11-12H2,1H3,(H,23,24,26). The molecule has 8 heteroatoms. The first-order chi connectivity index (χ1) is 14.0. The Kier molecular flexibility index (Phi) is 6.91. The Morgan fingerprint density at radius 3 is 2.66 bits per heavy atom. The average Bonchev–Trinajstić information content (AvgIpc) is 3.14. The van der Waals surface area contributed by atoms with Crippen LogP contribution in [0.4, 0.5) is 9.52 Å². The van der Waals surface area contributed by atoms with Gasteiger partial charge in [0.15, 0.2) is 5.13 Å². The summed E-state index contributed by atoms with van der Waals surface area (Å²) < 4.78 is 23.6. The summed E-state index contributed by atoms with van der Waals surface area (Å²) in [7, 11) is 0. The number of rotatable bonds is 8. The van der Waals surface area contributed by atoms with E-state index in [1.165, 1.54) is 23.5 Å². The number of esters is 1. The minimum Gasteiger partial charge on any atom is -0.488 e. The lowest BCUT2D eigenvalue weighted by Crippen LogP contribution is -2.14. The molecule has 6 nitrogen and oxygen atoms in total. The zero-order valence-electron chi connectivity index (χ0n) is 15.7. The lowest BCUT2D eigenvalue weighted by Gasteiger charge is -2.11. The molecule has 150 valence electrons. The molecule has 0 bridgehead atoms. The highest BCUT2D eigenvalue weighted by molar-refractivity contribution is 7.14. The molecule has 0 aliphatic carbocycles. The number of benzene rings is 2. The van der Waals surface area contributed by atoms with E-state index in [1.54, 1.807) is 48.7 Å². The molecule has 2 aromatic carbocycles. The van der Waals surface area contributed by atoms with Crippen LogP contribution in [0.3, 0.4) is 0 Å². The Balaban J connectivity index is 1.64. The molecule has 0 atom stereocenters. The number of nitrogens with zero attached hydrogens (tertiary/aromatic N) is 1. The van der Waals surface area contributed by atoms with Crippen LogP contribution in [-0.4, -0.2) is 23.5 Å². The van der Waals surface area contributed by atoms with Crippen LogP contribution in [0.5, 0.6) is 5.75 Å². The SMILES string of the molecule is CCOC(=O)Cc1csc(NC(=O)c2ccccc2OCc2ccc(F)cc2)n1. The van der Waals surface area contributed by atoms with Crippen molar-refractivity contribution in [3.8, 4) is 5.75 Å². The second-order valence-electron chi connectivity index (χ2n) is 5.99. The highest BCUT2D eigenvalue weighted by atomic mass is 32.1. The van der Waals surface area contributed by atoms with Crippen molar-refractivity contribution in [3.63, 3.8) is 0 Å². The third-order valence-electron chi connectivity index (χ3n) is 3.84. The van der Waals surface area contributed by atoms with E-state index in [-0.39, 0.29) is 30.7 Å². The Morgan fingerprint density at radius 2 is 1.90 bits per heavy atom. The predicted molar refractivity (Wildman–Crippen MR) is 108 cm³/mol. The van der Waals surface area contributed by atoms with Crippen LogP contribution in [0.25, 0.3) is 0 Å². The van der Waals surface area contributed by atoms with E-state index in [0.717, 1.165) is 5.56 Å². The van der Waals surface area contributed by atoms with E-state index in [4.69, 9.17) is 9.47 Å². The van der Waals surface area contributed by atoms with Crippen molar-refractivity contribution in [1.82, 2.24) is 4.98 Å². The van der Waals surface area contributed by atoms with Crippen LogP contribution in [-0.2, 0) is 22.6 Å². The number of hydrogen-bond donors (Lipinski definition) is 1. The first-order valence-electron chi connectivity index (χ1n) is 8.93. The summed E-state index contributed by atoms with van der Waals surface area (Å²) in [5.74, 6) is -0.663. The second-order valence-corrected chi connectivity index (χ2v) is 6.85. The fourth-order valence-electron chi connectivity index (χ4n) is 2.49. The van der Waals surface area contributed by atoms with Crippen molar-refractivity contribution in [2.24, 2.45) is 0 Å². The third-order valence-corrected chi connectivity index (χ3v) is 4.65. The molecule has 3 aromatic rings. The Morgan fingerprint density at radius 1 is 1.14 bits per heavy atom. The monoisotopic (exact) mass is 414 g/mol. The summed E-state index contributed by atoms with van der Waals surface area (Å²) in [5.41, 5.74) is 1.66. The van der Waals surface area contributed by atoms with Gasteiger partial charge in [0.1, 0.15) is 18.2 Å². The van der Waals surface area contributed by atoms with Crippen LogP contribution in [0.15, 0.2) is 53.9 Å². The largest absolute Gasteiger partial charge is 0.488 e. The van der Waals surface area contributed by atoms with Crippen molar-refractivity contribution in [3.05, 3.63) is 76.5 Å². The molecule has 0 fully saturated rings. The van der Waals surface area contributed by atoms with Gasteiger partial charge in [0.25, 0.3) is 5.91 Å². The van der Waals surface area contributed by atoms with E-state index < -0.39 is 0 Å². The first-order valence-corrected chi connectivity index (χ1v) is 9.80. The van der Waals surface area contributed by atoms with Crippen LogP contribution >= 0.6 is 11.3 Å². The van der Waals surface area contributed by atoms with Gasteiger partial charge in [0.2, 0.25) is 0 Å². The summed E-state index contributed by atoms with van der Waals surface area (Å²) >= 11 is 1.22. The third kappa shape index (κ3) is 5.86. The normalized spacial score (nSPS) is 10.4. The van der Waals surface area contributed by atoms with Crippen molar-refractivity contribution in [2.45, 2.75) is 20.0 Å². The molecule has 1 heterocycles. The molecule has 0 aliphatic heterocycles. The predicted octanol–water partition coefficient (Wildman–Crippen LogP) is 4.22. The van der Waals surface area contributed by atoms with Crippen molar-refractivity contribution in [2.75, 3.05) is 11.9 Å². The number of amides is 1. The fraction of sp³-hybridized carbons (Fsp3) is 0.190. The quantitative estimate of drug-likeness (QED) is 0.559. The lowest BCUT2D eigenvalue weighted by atomic mass is 10.2. The molecule has 0 saturated carbocycles. The van der Waals surface area contributed by atoms with Gasteiger partial charge in [-0.15, -0.1) is 11.3 Å². The summed E-state index contributed by atoms with van der Waals surface area (Å²) in [5, 5.41) is 4.79. The smallest absolute Gasteiger partial charge is 0.311 e. The van der Waals surface area contributed by atoms with Gasteiger partial charge < -0.3 is 9.47 Å². The van der Waals surface area contributed by atoms with Gasteiger partial charge in [-0.3, -0.25) is 14.9 Å². The van der Waals surface area contributed by atoms with E-state index in [0.29, 0.717) is 28.7 Å². The van der Waals surface area contributed by atoms with E-state index in [1.807, 2.05) is 0 Å². The number of ether oxygens (including phenoxy) is 2.